The number of carboxylic acids is 1. The first-order valence-corrected chi connectivity index (χ1v) is 7.14. The van der Waals surface area contributed by atoms with Gasteiger partial charge in [0, 0.05) is 6.54 Å². The highest BCUT2D eigenvalue weighted by Gasteiger charge is 2.17. The maximum atomic E-state index is 11.9. The number of rotatable bonds is 8. The molecule has 1 amide bonds. The molecule has 0 aliphatic carbocycles. The van der Waals surface area contributed by atoms with E-state index in [0.717, 1.165) is 24.0 Å². The molecule has 0 saturated carbocycles. The highest BCUT2D eigenvalue weighted by Crippen LogP contribution is 2.10. The van der Waals surface area contributed by atoms with Crippen LogP contribution in [0.3, 0.4) is 0 Å². The van der Waals surface area contributed by atoms with E-state index in [1.54, 1.807) is 0 Å². The minimum atomic E-state index is -0.846. The molecule has 0 aliphatic heterocycles. The van der Waals surface area contributed by atoms with Crippen LogP contribution in [-0.4, -0.2) is 23.5 Å². The van der Waals surface area contributed by atoms with Crippen molar-refractivity contribution in [2.24, 2.45) is 5.92 Å². The van der Waals surface area contributed by atoms with Gasteiger partial charge in [0.05, 0.1) is 12.3 Å². The lowest BCUT2D eigenvalue weighted by Crippen LogP contribution is -2.33. The second-order valence-electron chi connectivity index (χ2n) is 4.93. The second-order valence-corrected chi connectivity index (χ2v) is 4.93. The van der Waals surface area contributed by atoms with Gasteiger partial charge < -0.3 is 10.4 Å². The summed E-state index contributed by atoms with van der Waals surface area (Å²) in [5.41, 5.74) is 2.17. The molecule has 4 heteroatoms. The van der Waals surface area contributed by atoms with Gasteiger partial charge in [-0.25, -0.2) is 0 Å². The van der Waals surface area contributed by atoms with Gasteiger partial charge in [0.25, 0.3) is 0 Å². The van der Waals surface area contributed by atoms with E-state index in [-0.39, 0.29) is 12.5 Å². The second kappa shape index (κ2) is 8.35. The normalized spacial score (nSPS) is 11.9. The molecule has 0 aliphatic rings. The number of aliphatic carboxylic acids is 1. The summed E-state index contributed by atoms with van der Waals surface area (Å²) in [6, 6.07) is 7.83. The van der Waals surface area contributed by atoms with Crippen molar-refractivity contribution in [3.05, 3.63) is 35.4 Å². The summed E-state index contributed by atoms with van der Waals surface area (Å²) < 4.78 is 0. The number of carbonyl (C=O) groups is 2. The molecule has 110 valence electrons. The molecule has 1 rings (SSSR count). The molecule has 1 aromatic carbocycles. The van der Waals surface area contributed by atoms with Crippen molar-refractivity contribution in [2.45, 2.75) is 39.5 Å². The van der Waals surface area contributed by atoms with Crippen LogP contribution in [0.1, 0.15) is 37.8 Å². The lowest BCUT2D eigenvalue weighted by Gasteiger charge is -2.13. The molecule has 4 nitrogen and oxygen atoms in total. The van der Waals surface area contributed by atoms with Crippen molar-refractivity contribution >= 4 is 11.9 Å². The summed E-state index contributed by atoms with van der Waals surface area (Å²) in [7, 11) is 0. The molecule has 0 fully saturated rings. The van der Waals surface area contributed by atoms with Crippen molar-refractivity contribution in [1.82, 2.24) is 5.32 Å². The Balaban J connectivity index is 2.53. The average Bonchev–Trinajstić information content (AvgIpc) is 2.43. The van der Waals surface area contributed by atoms with Crippen LogP contribution in [0.4, 0.5) is 0 Å². The predicted molar refractivity (Wildman–Crippen MR) is 78.6 cm³/mol. The van der Waals surface area contributed by atoms with E-state index in [9.17, 15) is 9.59 Å². The molecule has 0 radical (unpaired) electrons. The van der Waals surface area contributed by atoms with Crippen LogP contribution >= 0.6 is 0 Å². The van der Waals surface area contributed by atoms with Crippen molar-refractivity contribution in [2.75, 3.05) is 6.54 Å². The summed E-state index contributed by atoms with van der Waals surface area (Å²) in [6.07, 6.45) is 2.58. The van der Waals surface area contributed by atoms with Crippen LogP contribution in [-0.2, 0) is 22.4 Å². The number of benzene rings is 1. The molecule has 2 N–H and O–H groups in total. The van der Waals surface area contributed by atoms with E-state index < -0.39 is 11.9 Å². The standard InChI is InChI=1S/C16H23NO3/c1-3-7-14(16(19)20)11-17-15(18)10-13-9-6-5-8-12(13)4-2/h5-6,8-9,14H,3-4,7,10-11H2,1-2H3,(H,17,18)(H,19,20). The van der Waals surface area contributed by atoms with Crippen LogP contribution < -0.4 is 5.32 Å². The van der Waals surface area contributed by atoms with Crippen molar-refractivity contribution < 1.29 is 14.7 Å². The summed E-state index contributed by atoms with van der Waals surface area (Å²) in [6.45, 7) is 4.20. The SMILES string of the molecule is CCCC(CNC(=O)Cc1ccccc1CC)C(=O)O. The van der Waals surface area contributed by atoms with E-state index in [2.05, 4.69) is 12.2 Å². The van der Waals surface area contributed by atoms with E-state index in [1.165, 1.54) is 0 Å². The van der Waals surface area contributed by atoms with Gasteiger partial charge in [0.1, 0.15) is 0 Å². The number of nitrogens with one attached hydrogen (secondary N) is 1. The third kappa shape index (κ3) is 5.03. The van der Waals surface area contributed by atoms with Crippen LogP contribution in [0.5, 0.6) is 0 Å². The van der Waals surface area contributed by atoms with E-state index in [4.69, 9.17) is 5.11 Å². The zero-order chi connectivity index (χ0) is 15.0. The fourth-order valence-corrected chi connectivity index (χ4v) is 2.21. The van der Waals surface area contributed by atoms with Crippen molar-refractivity contribution in [1.29, 1.82) is 0 Å². The molecule has 0 saturated heterocycles. The minimum Gasteiger partial charge on any atom is -0.481 e. The van der Waals surface area contributed by atoms with Gasteiger partial charge in [-0.3, -0.25) is 9.59 Å². The summed E-state index contributed by atoms with van der Waals surface area (Å²) in [5, 5.41) is 11.8. The number of aryl methyl sites for hydroxylation is 1. The van der Waals surface area contributed by atoms with Gasteiger partial charge in [-0.2, -0.15) is 0 Å². The zero-order valence-electron chi connectivity index (χ0n) is 12.2. The first kappa shape index (κ1) is 16.2. The summed E-state index contributed by atoms with van der Waals surface area (Å²) >= 11 is 0. The molecular formula is C16H23NO3. The van der Waals surface area contributed by atoms with Gasteiger partial charge >= 0.3 is 5.97 Å². The van der Waals surface area contributed by atoms with Crippen LogP contribution in [0.15, 0.2) is 24.3 Å². The Labute approximate surface area is 120 Å². The molecule has 0 aromatic heterocycles. The molecule has 0 heterocycles. The van der Waals surface area contributed by atoms with Crippen LogP contribution in [0, 0.1) is 5.92 Å². The number of carboxylic acid groups (broad SMARTS) is 1. The molecule has 1 aromatic rings. The first-order chi connectivity index (χ1) is 9.58. The highest BCUT2D eigenvalue weighted by atomic mass is 16.4. The highest BCUT2D eigenvalue weighted by molar-refractivity contribution is 5.79. The van der Waals surface area contributed by atoms with E-state index in [0.29, 0.717) is 12.8 Å². The van der Waals surface area contributed by atoms with Gasteiger partial charge in [-0.15, -0.1) is 0 Å². The Kier molecular flexibility index (Phi) is 6.77. The largest absolute Gasteiger partial charge is 0.481 e. The Morgan fingerprint density at radius 3 is 2.40 bits per heavy atom. The maximum Gasteiger partial charge on any atom is 0.308 e. The number of amides is 1. The molecule has 20 heavy (non-hydrogen) atoms. The minimum absolute atomic E-state index is 0.117. The summed E-state index contributed by atoms with van der Waals surface area (Å²) in [4.78, 5) is 22.9. The quantitative estimate of drug-likeness (QED) is 0.767. The van der Waals surface area contributed by atoms with Gasteiger partial charge in [-0.1, -0.05) is 44.5 Å². The monoisotopic (exact) mass is 277 g/mol. The average molecular weight is 277 g/mol. The smallest absolute Gasteiger partial charge is 0.308 e. The third-order valence-corrected chi connectivity index (χ3v) is 3.38. The van der Waals surface area contributed by atoms with Gasteiger partial charge in [-0.05, 0) is 24.0 Å². The fourth-order valence-electron chi connectivity index (χ4n) is 2.21. The van der Waals surface area contributed by atoms with Crippen LogP contribution in [0.25, 0.3) is 0 Å². The molecule has 0 bridgehead atoms. The predicted octanol–water partition coefficient (Wildman–Crippen LogP) is 2.41. The Morgan fingerprint density at radius 1 is 1.20 bits per heavy atom. The van der Waals surface area contributed by atoms with Crippen LogP contribution in [0.2, 0.25) is 0 Å². The number of hydrogen-bond acceptors (Lipinski definition) is 2. The Hall–Kier alpha value is -1.84. The van der Waals surface area contributed by atoms with Crippen molar-refractivity contribution in [3.63, 3.8) is 0 Å². The Morgan fingerprint density at radius 2 is 1.85 bits per heavy atom. The Bertz CT molecular complexity index is 457. The third-order valence-electron chi connectivity index (χ3n) is 3.38. The lowest BCUT2D eigenvalue weighted by molar-refractivity contribution is -0.141. The lowest BCUT2D eigenvalue weighted by atomic mass is 10.0. The molecule has 0 spiro atoms. The fraction of sp³-hybridized carbons (Fsp3) is 0.500. The molecule has 1 atom stereocenters. The number of hydrogen-bond donors (Lipinski definition) is 2. The van der Waals surface area contributed by atoms with E-state index in [1.807, 2.05) is 31.2 Å². The summed E-state index contributed by atoms with van der Waals surface area (Å²) in [5.74, 6) is -1.46. The first-order valence-electron chi connectivity index (χ1n) is 7.14. The number of carbonyl (C=O) groups excluding carboxylic acids is 1. The van der Waals surface area contributed by atoms with E-state index >= 15 is 0 Å². The zero-order valence-corrected chi connectivity index (χ0v) is 12.2. The maximum absolute atomic E-state index is 11.9. The van der Waals surface area contributed by atoms with Gasteiger partial charge in [0.15, 0.2) is 0 Å². The van der Waals surface area contributed by atoms with Crippen molar-refractivity contribution in [3.8, 4) is 0 Å². The van der Waals surface area contributed by atoms with Gasteiger partial charge in [0.2, 0.25) is 5.91 Å². The molecule has 1 unspecified atom stereocenters. The topological polar surface area (TPSA) is 66.4 Å². The molecular weight excluding hydrogens is 254 g/mol.